The van der Waals surface area contributed by atoms with Gasteiger partial charge in [0.15, 0.2) is 0 Å². The topological polar surface area (TPSA) is 62.4 Å². The molecule has 130 valence electrons. The van der Waals surface area contributed by atoms with Crippen LogP contribution >= 0.6 is 11.6 Å². The number of nitrogens with one attached hydrogen (secondary N) is 1. The molecule has 4 rings (SSSR count). The van der Waals surface area contributed by atoms with Gasteiger partial charge in [0.1, 0.15) is 5.75 Å². The van der Waals surface area contributed by atoms with E-state index >= 15 is 0 Å². The smallest absolute Gasteiger partial charge is 0.243 e. The van der Waals surface area contributed by atoms with Crippen molar-refractivity contribution in [2.24, 2.45) is 0 Å². The molecule has 0 saturated carbocycles. The zero-order valence-corrected chi connectivity index (χ0v) is 15.2. The first-order valence-corrected chi connectivity index (χ1v) is 9.74. The second-order valence-electron chi connectivity index (χ2n) is 6.04. The fraction of sp³-hybridized carbons (Fsp3) is 0.222. The number of methoxy groups -OCH3 is 1. The lowest BCUT2D eigenvalue weighted by Crippen LogP contribution is -2.35. The first-order chi connectivity index (χ1) is 12.0. The molecule has 1 aromatic heterocycles. The molecule has 0 radical (unpaired) electrons. The van der Waals surface area contributed by atoms with Gasteiger partial charge in [0.05, 0.1) is 12.0 Å². The van der Waals surface area contributed by atoms with E-state index in [1.165, 1.54) is 10.4 Å². The highest BCUT2D eigenvalue weighted by molar-refractivity contribution is 7.89. The molecule has 0 bridgehead atoms. The van der Waals surface area contributed by atoms with E-state index in [4.69, 9.17) is 16.3 Å². The van der Waals surface area contributed by atoms with E-state index in [-0.39, 0.29) is 4.90 Å². The van der Waals surface area contributed by atoms with Crippen LogP contribution in [0.4, 0.5) is 0 Å². The Kier molecular flexibility index (Phi) is 3.98. The van der Waals surface area contributed by atoms with Crippen LogP contribution in [0.3, 0.4) is 0 Å². The molecule has 2 aromatic carbocycles. The van der Waals surface area contributed by atoms with Gasteiger partial charge in [-0.05, 0) is 42.0 Å². The van der Waals surface area contributed by atoms with E-state index in [9.17, 15) is 8.42 Å². The quantitative estimate of drug-likeness (QED) is 0.760. The fourth-order valence-electron chi connectivity index (χ4n) is 3.28. The molecule has 7 heteroatoms. The van der Waals surface area contributed by atoms with Gasteiger partial charge in [0, 0.05) is 41.1 Å². The van der Waals surface area contributed by atoms with Crippen molar-refractivity contribution in [3.63, 3.8) is 0 Å². The number of aromatic amines is 1. The number of rotatable bonds is 3. The van der Waals surface area contributed by atoms with Gasteiger partial charge in [0.25, 0.3) is 0 Å². The minimum atomic E-state index is -3.59. The number of hydrogen-bond acceptors (Lipinski definition) is 3. The number of aromatic nitrogens is 1. The zero-order valence-electron chi connectivity index (χ0n) is 13.6. The van der Waals surface area contributed by atoms with Gasteiger partial charge >= 0.3 is 0 Å². The van der Waals surface area contributed by atoms with Gasteiger partial charge < -0.3 is 9.72 Å². The lowest BCUT2D eigenvalue weighted by molar-refractivity contribution is 0.391. The molecule has 0 saturated heterocycles. The van der Waals surface area contributed by atoms with Crippen molar-refractivity contribution in [1.29, 1.82) is 0 Å². The van der Waals surface area contributed by atoms with Crippen molar-refractivity contribution in [1.82, 2.24) is 9.29 Å². The number of ether oxygens (including phenoxy) is 1. The van der Waals surface area contributed by atoms with Crippen LogP contribution in [0.25, 0.3) is 10.9 Å². The largest absolute Gasteiger partial charge is 0.497 e. The van der Waals surface area contributed by atoms with Crippen LogP contribution in [-0.4, -0.2) is 31.4 Å². The van der Waals surface area contributed by atoms with Crippen molar-refractivity contribution in [3.8, 4) is 5.75 Å². The third-order valence-electron chi connectivity index (χ3n) is 4.58. The van der Waals surface area contributed by atoms with Gasteiger partial charge in [-0.15, -0.1) is 0 Å². The average Bonchev–Trinajstić information content (AvgIpc) is 2.98. The summed E-state index contributed by atoms with van der Waals surface area (Å²) in [7, 11) is -1.96. The first-order valence-electron chi connectivity index (χ1n) is 7.92. The van der Waals surface area contributed by atoms with Crippen molar-refractivity contribution < 1.29 is 13.2 Å². The monoisotopic (exact) mass is 376 g/mol. The number of nitrogens with zero attached hydrogens (tertiary/aromatic N) is 1. The van der Waals surface area contributed by atoms with Gasteiger partial charge in [-0.3, -0.25) is 0 Å². The van der Waals surface area contributed by atoms with Crippen LogP contribution < -0.4 is 4.74 Å². The second kappa shape index (κ2) is 6.05. The van der Waals surface area contributed by atoms with Crippen molar-refractivity contribution in [2.45, 2.75) is 17.9 Å². The van der Waals surface area contributed by atoms with Crippen LogP contribution in [0.15, 0.2) is 47.4 Å². The highest BCUT2D eigenvalue weighted by atomic mass is 35.5. The van der Waals surface area contributed by atoms with Gasteiger partial charge in [-0.1, -0.05) is 17.7 Å². The van der Waals surface area contributed by atoms with Crippen LogP contribution in [0, 0.1) is 0 Å². The molecule has 5 nitrogen and oxygen atoms in total. The van der Waals surface area contributed by atoms with E-state index in [1.807, 2.05) is 18.2 Å². The molecule has 0 atom stereocenters. The predicted molar refractivity (Wildman–Crippen MR) is 97.6 cm³/mol. The molecular formula is C18H17ClN2O3S. The fourth-order valence-corrected chi connectivity index (χ4v) is 4.99. The molecule has 0 fully saturated rings. The molecule has 0 unspecified atom stereocenters. The van der Waals surface area contributed by atoms with E-state index in [2.05, 4.69) is 4.98 Å². The summed E-state index contributed by atoms with van der Waals surface area (Å²) in [4.78, 5) is 3.61. The molecule has 2 heterocycles. The highest BCUT2D eigenvalue weighted by Gasteiger charge is 2.30. The number of halogens is 1. The summed E-state index contributed by atoms with van der Waals surface area (Å²) < 4.78 is 32.7. The van der Waals surface area contributed by atoms with Gasteiger partial charge in [0.2, 0.25) is 10.0 Å². The molecule has 1 aliphatic rings. The number of sulfonamides is 1. The molecule has 3 aromatic rings. The molecule has 25 heavy (non-hydrogen) atoms. The normalized spacial score (nSPS) is 15.3. The Labute approximate surface area is 151 Å². The van der Waals surface area contributed by atoms with E-state index in [1.54, 1.807) is 25.3 Å². The minimum Gasteiger partial charge on any atom is -0.497 e. The van der Waals surface area contributed by atoms with Crippen LogP contribution in [0.2, 0.25) is 5.02 Å². The Hall–Kier alpha value is -2.02. The van der Waals surface area contributed by atoms with Crippen LogP contribution in [0.1, 0.15) is 11.3 Å². The summed E-state index contributed by atoms with van der Waals surface area (Å²) in [6.07, 6.45) is 0.645. The second-order valence-corrected chi connectivity index (χ2v) is 8.41. The van der Waals surface area contributed by atoms with E-state index in [0.29, 0.717) is 24.5 Å². The molecule has 1 N–H and O–H groups in total. The summed E-state index contributed by atoms with van der Waals surface area (Å²) in [5.41, 5.74) is 3.08. The Bertz CT molecular complexity index is 1060. The third-order valence-corrected chi connectivity index (χ3v) is 6.66. The van der Waals surface area contributed by atoms with Gasteiger partial charge in [-0.25, -0.2) is 8.42 Å². The highest BCUT2D eigenvalue weighted by Crippen LogP contribution is 2.32. The predicted octanol–water partition coefficient (Wildman–Crippen LogP) is 3.58. The SMILES string of the molecule is COc1ccc2[nH]c3c(c2c1)CN(S(=O)(=O)c1cccc(Cl)c1)CC3. The summed E-state index contributed by atoms with van der Waals surface area (Å²) in [6, 6.07) is 12.2. The van der Waals surface area contributed by atoms with Crippen molar-refractivity contribution in [2.75, 3.05) is 13.7 Å². The number of benzene rings is 2. The average molecular weight is 377 g/mol. The summed E-state index contributed by atoms with van der Waals surface area (Å²) in [6.45, 7) is 0.767. The molecular weight excluding hydrogens is 360 g/mol. The Morgan fingerprint density at radius 2 is 2.04 bits per heavy atom. The lowest BCUT2D eigenvalue weighted by atomic mass is 10.1. The molecule has 0 amide bonds. The molecule has 0 aliphatic carbocycles. The number of fused-ring (bicyclic) bond motifs is 3. The molecule has 0 spiro atoms. The van der Waals surface area contributed by atoms with Crippen LogP contribution in [-0.2, 0) is 23.0 Å². The zero-order chi connectivity index (χ0) is 17.6. The lowest BCUT2D eigenvalue weighted by Gasteiger charge is -2.26. The Balaban J connectivity index is 1.75. The minimum absolute atomic E-state index is 0.223. The maximum Gasteiger partial charge on any atom is 0.243 e. The Morgan fingerprint density at radius 3 is 2.80 bits per heavy atom. The summed E-state index contributed by atoms with van der Waals surface area (Å²) >= 11 is 5.96. The summed E-state index contributed by atoms with van der Waals surface area (Å²) in [5, 5.41) is 1.41. The standard InChI is InChI=1S/C18H17ClN2O3S/c1-24-13-5-6-17-15(10-13)16-11-21(8-7-18(16)20-17)25(22,23)14-4-2-3-12(19)9-14/h2-6,9-10,20H,7-8,11H2,1H3. The maximum absolute atomic E-state index is 13.0. The Morgan fingerprint density at radius 1 is 1.20 bits per heavy atom. The van der Waals surface area contributed by atoms with Gasteiger partial charge in [-0.2, -0.15) is 4.31 Å². The van der Waals surface area contributed by atoms with E-state index < -0.39 is 10.0 Å². The van der Waals surface area contributed by atoms with Crippen molar-refractivity contribution >= 4 is 32.5 Å². The van der Waals surface area contributed by atoms with Crippen molar-refractivity contribution in [3.05, 3.63) is 58.7 Å². The van der Waals surface area contributed by atoms with E-state index in [0.717, 1.165) is 27.9 Å². The van der Waals surface area contributed by atoms with Crippen LogP contribution in [0.5, 0.6) is 5.75 Å². The number of H-pyrrole nitrogens is 1. The summed E-state index contributed by atoms with van der Waals surface area (Å²) in [5.74, 6) is 0.754. The number of hydrogen-bond donors (Lipinski definition) is 1. The first kappa shape index (κ1) is 16.4. The third kappa shape index (κ3) is 2.80. The maximum atomic E-state index is 13.0. The molecule has 1 aliphatic heterocycles.